The Morgan fingerprint density at radius 2 is 1.94 bits per heavy atom. The van der Waals surface area contributed by atoms with Gasteiger partial charge in [0.2, 0.25) is 5.82 Å². The van der Waals surface area contributed by atoms with Crippen LogP contribution in [-0.4, -0.2) is 64.2 Å². The molecule has 0 saturated carbocycles. The van der Waals surface area contributed by atoms with Crippen LogP contribution >= 0.6 is 0 Å². The summed E-state index contributed by atoms with van der Waals surface area (Å²) in [6.45, 7) is 4.47. The fourth-order valence-electron chi connectivity index (χ4n) is 4.00. The number of aliphatic hydroxyl groups is 2. The molecule has 1 unspecified atom stereocenters. The average molecular weight is 449 g/mol. The van der Waals surface area contributed by atoms with Crippen molar-refractivity contribution >= 4 is 0 Å². The normalized spacial score (nSPS) is 14.8. The minimum Gasteiger partial charge on any atom is -0.492 e. The van der Waals surface area contributed by atoms with Gasteiger partial charge in [0.15, 0.2) is 0 Å². The Hall–Kier alpha value is -3.25. The van der Waals surface area contributed by atoms with E-state index in [4.69, 9.17) is 14.4 Å². The molecule has 0 aliphatic carbocycles. The largest absolute Gasteiger partial charge is 0.492 e. The Morgan fingerprint density at radius 3 is 2.70 bits per heavy atom. The van der Waals surface area contributed by atoms with Crippen LogP contribution in [-0.2, 0) is 12.8 Å². The highest BCUT2D eigenvalue weighted by Crippen LogP contribution is 2.28. The first-order chi connectivity index (χ1) is 16.1. The molecule has 2 heterocycles. The van der Waals surface area contributed by atoms with Crippen LogP contribution in [0.3, 0.4) is 0 Å². The van der Waals surface area contributed by atoms with E-state index in [1.54, 1.807) is 12.1 Å². The molecule has 1 aromatic heterocycles. The lowest BCUT2D eigenvalue weighted by Gasteiger charge is -2.21. The van der Waals surface area contributed by atoms with E-state index in [1.807, 2.05) is 19.1 Å². The zero-order valence-electron chi connectivity index (χ0n) is 18.7. The Balaban J connectivity index is 1.52. The maximum atomic E-state index is 9.75. The first-order valence-corrected chi connectivity index (χ1v) is 11.3. The van der Waals surface area contributed by atoms with Gasteiger partial charge in [-0.3, -0.25) is 0 Å². The molecule has 0 spiro atoms. The second-order valence-electron chi connectivity index (χ2n) is 8.21. The first kappa shape index (κ1) is 22.9. The summed E-state index contributed by atoms with van der Waals surface area (Å²) in [7, 11) is 0. The average Bonchev–Trinajstić information content (AvgIpc) is 3.26. The maximum absolute atomic E-state index is 9.75. The van der Waals surface area contributed by atoms with Gasteiger partial charge in [0.1, 0.15) is 11.8 Å². The van der Waals surface area contributed by atoms with Gasteiger partial charge in [-0.25, -0.2) is 0 Å². The minimum atomic E-state index is -0.714. The summed E-state index contributed by atoms with van der Waals surface area (Å²) >= 11 is 0. The van der Waals surface area contributed by atoms with Crippen molar-refractivity contribution in [2.24, 2.45) is 0 Å². The summed E-state index contributed by atoms with van der Waals surface area (Å²) < 4.78 is 11.1. The third-order valence-corrected chi connectivity index (χ3v) is 5.77. The molecule has 2 aromatic carbocycles. The molecule has 8 heteroatoms. The summed E-state index contributed by atoms with van der Waals surface area (Å²) in [4.78, 5) is 6.73. The summed E-state index contributed by atoms with van der Waals surface area (Å²) in [5.74, 6) is 1.39. The van der Waals surface area contributed by atoms with Gasteiger partial charge in [-0.05, 0) is 54.7 Å². The quantitative estimate of drug-likeness (QED) is 0.541. The summed E-state index contributed by atoms with van der Waals surface area (Å²) in [6, 6.07) is 13.6. The van der Waals surface area contributed by atoms with Crippen LogP contribution in [0.4, 0.5) is 0 Å². The van der Waals surface area contributed by atoms with Crippen molar-refractivity contribution in [1.82, 2.24) is 15.0 Å². The highest BCUT2D eigenvalue weighted by Gasteiger charge is 2.19. The minimum absolute atomic E-state index is 0.224. The summed E-state index contributed by atoms with van der Waals surface area (Å²) in [5.41, 5.74) is 4.47. The molecule has 8 nitrogen and oxygen atoms in total. The first-order valence-electron chi connectivity index (χ1n) is 11.3. The van der Waals surface area contributed by atoms with Gasteiger partial charge in [0.05, 0.1) is 24.9 Å². The monoisotopic (exact) mass is 448 g/mol. The van der Waals surface area contributed by atoms with E-state index in [9.17, 15) is 10.4 Å². The van der Waals surface area contributed by atoms with E-state index in [0.717, 1.165) is 37.9 Å². The van der Waals surface area contributed by atoms with Crippen LogP contribution in [0.15, 0.2) is 40.9 Å². The highest BCUT2D eigenvalue weighted by molar-refractivity contribution is 5.64. The zero-order chi connectivity index (χ0) is 23.2. The van der Waals surface area contributed by atoms with Gasteiger partial charge in [-0.15, -0.1) is 0 Å². The molecule has 0 radical (unpaired) electrons. The van der Waals surface area contributed by atoms with Crippen molar-refractivity contribution in [3.8, 4) is 34.7 Å². The van der Waals surface area contributed by atoms with Crippen molar-refractivity contribution in [2.75, 3.05) is 32.8 Å². The second-order valence-corrected chi connectivity index (χ2v) is 8.21. The Labute approximate surface area is 193 Å². The molecular weight excluding hydrogens is 420 g/mol. The number of ether oxygens (including phenoxy) is 1. The van der Waals surface area contributed by atoms with Crippen molar-refractivity contribution < 1.29 is 19.5 Å². The molecule has 33 heavy (non-hydrogen) atoms. The van der Waals surface area contributed by atoms with Crippen LogP contribution in [0.1, 0.15) is 30.0 Å². The van der Waals surface area contributed by atoms with Gasteiger partial charge in [-0.1, -0.05) is 24.2 Å². The molecule has 0 fully saturated rings. The molecular formula is C25H28N4O4. The number of β-amino-alcohol motifs (C(OH)–C–C–N with tert-alkyl or cyclic N) is 1. The SMILES string of the molecule is CCCOc1ccc(-c2nc(-c3ccc4c(c3)CCN(CC(O)CO)CC4)no2)cc1C#N. The number of hydrogen-bond donors (Lipinski definition) is 2. The molecule has 1 aliphatic rings. The Morgan fingerprint density at radius 1 is 1.15 bits per heavy atom. The van der Waals surface area contributed by atoms with E-state index < -0.39 is 6.10 Å². The molecule has 0 amide bonds. The number of aromatic nitrogens is 2. The third kappa shape index (κ3) is 5.40. The third-order valence-electron chi connectivity index (χ3n) is 5.77. The van der Waals surface area contributed by atoms with Gasteiger partial charge in [0, 0.05) is 30.8 Å². The Kier molecular flexibility index (Phi) is 7.35. The molecule has 4 rings (SSSR count). The number of benzene rings is 2. The van der Waals surface area contributed by atoms with Crippen molar-refractivity contribution in [3.63, 3.8) is 0 Å². The molecule has 1 atom stereocenters. The van der Waals surface area contributed by atoms with E-state index >= 15 is 0 Å². The number of nitriles is 1. The zero-order valence-corrected chi connectivity index (χ0v) is 18.7. The van der Waals surface area contributed by atoms with E-state index in [-0.39, 0.29) is 6.61 Å². The lowest BCUT2D eigenvalue weighted by molar-refractivity contribution is 0.0605. The van der Waals surface area contributed by atoms with Crippen molar-refractivity contribution in [1.29, 1.82) is 5.26 Å². The number of aliphatic hydroxyl groups excluding tert-OH is 2. The highest BCUT2D eigenvalue weighted by atomic mass is 16.5. The van der Waals surface area contributed by atoms with Crippen LogP contribution in [0, 0.1) is 11.3 Å². The molecule has 2 N–H and O–H groups in total. The predicted molar refractivity (Wildman–Crippen MR) is 123 cm³/mol. The molecule has 0 saturated heterocycles. The van der Waals surface area contributed by atoms with Crippen LogP contribution < -0.4 is 4.74 Å². The summed E-state index contributed by atoms with van der Waals surface area (Å²) in [5, 5.41) is 32.5. The van der Waals surface area contributed by atoms with Gasteiger partial charge in [-0.2, -0.15) is 10.2 Å². The molecule has 172 valence electrons. The van der Waals surface area contributed by atoms with Crippen LogP contribution in [0.2, 0.25) is 0 Å². The van der Waals surface area contributed by atoms with E-state index in [2.05, 4.69) is 33.2 Å². The van der Waals surface area contributed by atoms with Crippen LogP contribution in [0.5, 0.6) is 5.75 Å². The predicted octanol–water partition coefficient (Wildman–Crippen LogP) is 2.82. The van der Waals surface area contributed by atoms with Crippen molar-refractivity contribution in [2.45, 2.75) is 32.3 Å². The Bertz CT molecular complexity index is 1140. The smallest absolute Gasteiger partial charge is 0.258 e. The van der Waals surface area contributed by atoms with Gasteiger partial charge < -0.3 is 24.4 Å². The molecule has 0 bridgehead atoms. The number of fused-ring (bicyclic) bond motifs is 1. The van der Waals surface area contributed by atoms with Crippen molar-refractivity contribution in [3.05, 3.63) is 53.1 Å². The fraction of sp³-hybridized carbons (Fsp3) is 0.400. The molecule has 3 aromatic rings. The number of nitrogens with zero attached hydrogens (tertiary/aromatic N) is 4. The fourth-order valence-corrected chi connectivity index (χ4v) is 4.00. The number of hydrogen-bond acceptors (Lipinski definition) is 8. The lowest BCUT2D eigenvalue weighted by atomic mass is 10.00. The molecule has 1 aliphatic heterocycles. The van der Waals surface area contributed by atoms with Crippen LogP contribution in [0.25, 0.3) is 22.8 Å². The van der Waals surface area contributed by atoms with E-state index in [1.165, 1.54) is 11.1 Å². The second kappa shape index (κ2) is 10.6. The topological polar surface area (TPSA) is 116 Å². The van der Waals surface area contributed by atoms with Gasteiger partial charge >= 0.3 is 0 Å². The van der Waals surface area contributed by atoms with E-state index in [0.29, 0.717) is 41.7 Å². The summed E-state index contributed by atoms with van der Waals surface area (Å²) in [6.07, 6.45) is 1.88. The standard InChI is InChI=1S/C25H28N4O4/c1-2-11-32-23-6-5-20(13-21(23)14-26)25-27-24(28-33-25)19-4-3-17-7-9-29(15-22(31)16-30)10-8-18(17)12-19/h3-6,12-13,22,30-31H,2,7-11,15-16H2,1H3. The van der Waals surface area contributed by atoms with Gasteiger partial charge in [0.25, 0.3) is 5.89 Å². The number of rotatable bonds is 8. The maximum Gasteiger partial charge on any atom is 0.258 e. The lowest BCUT2D eigenvalue weighted by Crippen LogP contribution is -2.35.